The summed E-state index contributed by atoms with van der Waals surface area (Å²) in [5.74, 6) is 1.87. The molecule has 1 saturated heterocycles. The van der Waals surface area contributed by atoms with Crippen LogP contribution in [0.3, 0.4) is 0 Å². The molecule has 7 heteroatoms. The van der Waals surface area contributed by atoms with Crippen LogP contribution in [0.1, 0.15) is 25.7 Å². The average Bonchev–Trinajstić information content (AvgIpc) is 3.24. The molecular weight excluding hydrogens is 384 g/mol. The second kappa shape index (κ2) is 6.78. The maximum Gasteiger partial charge on any atom is 0.225 e. The molecule has 1 N–H and O–H groups in total. The molecule has 1 aromatic carbocycles. The summed E-state index contributed by atoms with van der Waals surface area (Å²) in [7, 11) is 0. The van der Waals surface area contributed by atoms with E-state index in [1.807, 2.05) is 34.1 Å². The van der Waals surface area contributed by atoms with E-state index >= 15 is 0 Å². The maximum atomic E-state index is 12.2. The van der Waals surface area contributed by atoms with Gasteiger partial charge in [0.1, 0.15) is 5.84 Å². The lowest BCUT2D eigenvalue weighted by atomic mass is 10.0. The predicted molar refractivity (Wildman–Crippen MR) is 99.1 cm³/mol. The molecule has 0 bridgehead atoms. The number of benzene rings is 1. The zero-order valence-corrected chi connectivity index (χ0v) is 15.5. The number of hydrogen-bond acceptors (Lipinski definition) is 5. The van der Waals surface area contributed by atoms with Crippen molar-refractivity contribution in [2.24, 2.45) is 16.9 Å². The monoisotopic (exact) mass is 404 g/mol. The van der Waals surface area contributed by atoms with Crippen LogP contribution in [0.5, 0.6) is 0 Å². The molecule has 2 heterocycles. The Bertz CT molecular complexity index is 702. The SMILES string of the molecule is O=CC1NN=C(C[C@H]2CCN(C(=O)C3CC3)C2)N1c1ccc(Br)cc1. The molecule has 1 aromatic rings. The van der Waals surface area contributed by atoms with Gasteiger partial charge in [0.05, 0.1) is 0 Å². The van der Waals surface area contributed by atoms with Gasteiger partial charge in [0.2, 0.25) is 5.91 Å². The van der Waals surface area contributed by atoms with E-state index in [1.165, 1.54) is 0 Å². The van der Waals surface area contributed by atoms with Gasteiger partial charge in [-0.3, -0.25) is 19.9 Å². The van der Waals surface area contributed by atoms with Crippen LogP contribution >= 0.6 is 15.9 Å². The van der Waals surface area contributed by atoms with Crippen LogP contribution in [-0.2, 0) is 9.59 Å². The molecule has 2 atom stereocenters. The minimum absolute atomic E-state index is 0.281. The molecular formula is C18H21BrN4O2. The van der Waals surface area contributed by atoms with Crippen molar-refractivity contribution in [1.82, 2.24) is 10.3 Å². The zero-order chi connectivity index (χ0) is 17.4. The number of anilines is 1. The van der Waals surface area contributed by atoms with Crippen LogP contribution in [0.25, 0.3) is 0 Å². The Morgan fingerprint density at radius 3 is 2.72 bits per heavy atom. The molecule has 25 heavy (non-hydrogen) atoms. The van der Waals surface area contributed by atoms with Gasteiger partial charge in [-0.15, -0.1) is 0 Å². The molecule has 1 saturated carbocycles. The first kappa shape index (κ1) is 16.6. The van der Waals surface area contributed by atoms with Gasteiger partial charge in [0, 0.05) is 35.6 Å². The summed E-state index contributed by atoms with van der Waals surface area (Å²) in [6.45, 7) is 1.64. The third-order valence-corrected chi connectivity index (χ3v) is 5.64. The molecule has 0 spiro atoms. The molecule has 1 unspecified atom stereocenters. The molecule has 0 aromatic heterocycles. The van der Waals surface area contributed by atoms with Crippen LogP contribution in [0.4, 0.5) is 5.69 Å². The summed E-state index contributed by atoms with van der Waals surface area (Å²) in [5.41, 5.74) is 3.85. The third-order valence-electron chi connectivity index (χ3n) is 5.11. The fraction of sp³-hybridized carbons (Fsp3) is 0.500. The van der Waals surface area contributed by atoms with Crippen LogP contribution < -0.4 is 10.3 Å². The fourth-order valence-corrected chi connectivity index (χ4v) is 3.87. The average molecular weight is 405 g/mol. The molecule has 132 valence electrons. The highest BCUT2D eigenvalue weighted by atomic mass is 79.9. The third kappa shape index (κ3) is 3.42. The normalized spacial score (nSPS) is 25.7. The van der Waals surface area contributed by atoms with E-state index in [0.717, 1.165) is 61.1 Å². The topological polar surface area (TPSA) is 65.0 Å². The highest BCUT2D eigenvalue weighted by molar-refractivity contribution is 9.10. The highest BCUT2D eigenvalue weighted by Gasteiger charge is 2.38. The minimum Gasteiger partial charge on any atom is -0.342 e. The Balaban J connectivity index is 1.44. The molecule has 3 aliphatic rings. The largest absolute Gasteiger partial charge is 0.342 e. The number of hydrogen-bond donors (Lipinski definition) is 1. The van der Waals surface area contributed by atoms with Crippen molar-refractivity contribution in [1.29, 1.82) is 0 Å². The van der Waals surface area contributed by atoms with Gasteiger partial charge in [-0.05, 0) is 49.4 Å². The summed E-state index contributed by atoms with van der Waals surface area (Å²) in [6, 6.07) is 7.86. The smallest absolute Gasteiger partial charge is 0.225 e. The lowest BCUT2D eigenvalue weighted by Gasteiger charge is -2.25. The van der Waals surface area contributed by atoms with Crippen molar-refractivity contribution >= 4 is 39.6 Å². The number of rotatable bonds is 5. The van der Waals surface area contributed by atoms with Crippen LogP contribution in [-0.4, -0.2) is 42.2 Å². The van der Waals surface area contributed by atoms with Gasteiger partial charge in [0.25, 0.3) is 0 Å². The number of carbonyl (C=O) groups is 2. The van der Waals surface area contributed by atoms with Crippen molar-refractivity contribution < 1.29 is 9.59 Å². The van der Waals surface area contributed by atoms with Crippen LogP contribution in [0.2, 0.25) is 0 Å². The number of halogens is 1. The summed E-state index contributed by atoms with van der Waals surface area (Å²) in [5, 5.41) is 4.40. The van der Waals surface area contributed by atoms with Crippen molar-refractivity contribution in [2.45, 2.75) is 31.8 Å². The van der Waals surface area contributed by atoms with Gasteiger partial charge in [-0.2, -0.15) is 5.10 Å². The van der Waals surface area contributed by atoms with Crippen molar-refractivity contribution in [3.63, 3.8) is 0 Å². The highest BCUT2D eigenvalue weighted by Crippen LogP contribution is 2.34. The van der Waals surface area contributed by atoms with Gasteiger partial charge >= 0.3 is 0 Å². The first-order valence-corrected chi connectivity index (χ1v) is 9.56. The number of amidine groups is 1. The number of nitrogens with one attached hydrogen (secondary N) is 1. The Labute approximate surface area is 155 Å². The van der Waals surface area contributed by atoms with Crippen molar-refractivity contribution in [2.75, 3.05) is 18.0 Å². The van der Waals surface area contributed by atoms with Gasteiger partial charge in [-0.25, -0.2) is 0 Å². The molecule has 1 aliphatic carbocycles. The number of carbonyl (C=O) groups excluding carboxylic acids is 2. The van der Waals surface area contributed by atoms with E-state index < -0.39 is 6.17 Å². The van der Waals surface area contributed by atoms with Crippen LogP contribution in [0, 0.1) is 11.8 Å². The van der Waals surface area contributed by atoms with E-state index in [9.17, 15) is 9.59 Å². The Morgan fingerprint density at radius 2 is 2.04 bits per heavy atom. The van der Waals surface area contributed by atoms with Gasteiger partial charge < -0.3 is 4.90 Å². The molecule has 2 aliphatic heterocycles. The maximum absolute atomic E-state index is 12.2. The second-order valence-corrected chi connectivity index (χ2v) is 7.92. The zero-order valence-electron chi connectivity index (χ0n) is 13.9. The molecule has 1 amide bonds. The number of hydrazone groups is 1. The lowest BCUT2D eigenvalue weighted by Crippen LogP contribution is -2.42. The van der Waals surface area contributed by atoms with Gasteiger partial charge in [-0.1, -0.05) is 15.9 Å². The van der Waals surface area contributed by atoms with Crippen molar-refractivity contribution in [3.8, 4) is 0 Å². The summed E-state index contributed by atoms with van der Waals surface area (Å²) in [6.07, 6.45) is 4.26. The molecule has 2 fully saturated rings. The Hall–Kier alpha value is -1.89. The quantitative estimate of drug-likeness (QED) is 0.764. The lowest BCUT2D eigenvalue weighted by molar-refractivity contribution is -0.131. The molecule has 0 radical (unpaired) electrons. The number of nitrogens with zero attached hydrogens (tertiary/aromatic N) is 3. The Kier molecular flexibility index (Phi) is 4.50. The van der Waals surface area contributed by atoms with Crippen molar-refractivity contribution in [3.05, 3.63) is 28.7 Å². The van der Waals surface area contributed by atoms with Gasteiger partial charge in [0.15, 0.2) is 12.5 Å². The second-order valence-electron chi connectivity index (χ2n) is 7.00. The standard InChI is InChI=1S/C18H21BrN4O2/c19-14-3-5-15(6-4-14)23-16(20-21-17(23)11-24)9-12-7-8-22(10-12)18(25)13-1-2-13/h3-6,11-13,17,21H,1-2,7-10H2/t12-,17?/m1/s1. The van der Waals surface area contributed by atoms with E-state index in [1.54, 1.807) is 0 Å². The molecule has 6 nitrogen and oxygen atoms in total. The van der Waals surface area contributed by atoms with E-state index in [2.05, 4.69) is 26.5 Å². The predicted octanol–water partition coefficient (Wildman–Crippen LogP) is 2.35. The first-order valence-electron chi connectivity index (χ1n) is 8.76. The van der Waals surface area contributed by atoms with E-state index in [-0.39, 0.29) is 5.92 Å². The summed E-state index contributed by atoms with van der Waals surface area (Å²) < 4.78 is 0.995. The number of aldehydes is 1. The number of amides is 1. The van der Waals surface area contributed by atoms with E-state index in [4.69, 9.17) is 0 Å². The first-order chi connectivity index (χ1) is 12.2. The fourth-order valence-electron chi connectivity index (χ4n) is 3.61. The number of likely N-dealkylation sites (tertiary alicyclic amines) is 1. The summed E-state index contributed by atoms with van der Waals surface area (Å²) in [4.78, 5) is 27.6. The summed E-state index contributed by atoms with van der Waals surface area (Å²) >= 11 is 3.44. The molecule has 4 rings (SSSR count). The van der Waals surface area contributed by atoms with Crippen LogP contribution in [0.15, 0.2) is 33.8 Å². The Morgan fingerprint density at radius 1 is 1.28 bits per heavy atom. The van der Waals surface area contributed by atoms with E-state index in [0.29, 0.717) is 11.8 Å². The minimum atomic E-state index is -0.471.